The third-order valence-electron chi connectivity index (χ3n) is 8.31. The van der Waals surface area contributed by atoms with Crippen LogP contribution in [-0.4, -0.2) is 4.57 Å². The Morgan fingerprint density at radius 2 is 1.20 bits per heavy atom. The fraction of sp³-hybridized carbons (Fsp3) is 0.0769. The predicted octanol–water partition coefficient (Wildman–Crippen LogP) is 10.6. The highest BCUT2D eigenvalue weighted by Crippen LogP contribution is 2.43. The van der Waals surface area contributed by atoms with Gasteiger partial charge in [-0.05, 0) is 86.3 Å². The molecule has 0 spiro atoms. The van der Waals surface area contributed by atoms with Gasteiger partial charge in [0, 0.05) is 16.8 Å². The topological polar surface area (TPSA) is 4.93 Å². The van der Waals surface area contributed by atoms with Crippen molar-refractivity contribution in [1.82, 2.24) is 4.57 Å². The van der Waals surface area contributed by atoms with Crippen molar-refractivity contribution >= 4 is 39.9 Å². The van der Waals surface area contributed by atoms with Crippen LogP contribution in [0.2, 0.25) is 0 Å². The van der Waals surface area contributed by atoms with Crippen molar-refractivity contribution < 1.29 is 0 Å². The first-order valence-electron chi connectivity index (χ1n) is 14.0. The van der Waals surface area contributed by atoms with Crippen molar-refractivity contribution in [3.8, 4) is 27.9 Å². The van der Waals surface area contributed by atoms with Crippen LogP contribution in [-0.2, 0) is 6.42 Å². The normalized spacial score (nSPS) is 14.4. The molecule has 0 saturated heterocycles. The first kappa shape index (κ1) is 24.2. The standard InChI is InChI=1S/C39H31N/c1-4-30-31(5-2)39(34-17-10-9-16-33(34)38(30)27-13-7-6-8-14-27)28-20-22-29(23-21-28)40-36-18-12-11-15-32(36)35-25-26(3)19-24-37(35)40/h4-24,26H,1-2,25H2,3H3. The highest BCUT2D eigenvalue weighted by atomic mass is 15.0. The average Bonchev–Trinajstić information content (AvgIpc) is 3.33. The molecule has 40 heavy (non-hydrogen) atoms. The second-order valence-corrected chi connectivity index (χ2v) is 10.7. The zero-order valence-electron chi connectivity index (χ0n) is 22.8. The molecule has 0 saturated carbocycles. The number of hydrogen-bond donors (Lipinski definition) is 0. The van der Waals surface area contributed by atoms with Gasteiger partial charge in [0.15, 0.2) is 0 Å². The number of nitrogens with zero attached hydrogens (tertiary/aromatic N) is 1. The summed E-state index contributed by atoms with van der Waals surface area (Å²) in [6, 6.07) is 37.1. The van der Waals surface area contributed by atoms with E-state index in [0.29, 0.717) is 5.92 Å². The number of fused-ring (bicyclic) bond motifs is 4. The highest BCUT2D eigenvalue weighted by molar-refractivity contribution is 6.11. The average molecular weight is 514 g/mol. The number of aromatic nitrogens is 1. The number of rotatable bonds is 5. The van der Waals surface area contributed by atoms with Gasteiger partial charge in [-0.1, -0.05) is 123 Å². The molecule has 1 heterocycles. The molecule has 0 radical (unpaired) electrons. The Bertz CT molecular complexity index is 1950. The van der Waals surface area contributed by atoms with Crippen molar-refractivity contribution in [3.63, 3.8) is 0 Å². The molecular weight excluding hydrogens is 482 g/mol. The van der Waals surface area contributed by atoms with E-state index >= 15 is 0 Å². The first-order chi connectivity index (χ1) is 19.7. The second kappa shape index (κ2) is 9.70. The van der Waals surface area contributed by atoms with Crippen molar-refractivity contribution in [2.24, 2.45) is 5.92 Å². The summed E-state index contributed by atoms with van der Waals surface area (Å²) in [5.74, 6) is 0.553. The van der Waals surface area contributed by atoms with Crippen LogP contribution in [0.15, 0.2) is 122 Å². The van der Waals surface area contributed by atoms with Gasteiger partial charge in [0.05, 0.1) is 5.52 Å². The summed E-state index contributed by atoms with van der Waals surface area (Å²) >= 11 is 0. The van der Waals surface area contributed by atoms with Crippen LogP contribution in [0.4, 0.5) is 0 Å². The van der Waals surface area contributed by atoms with Gasteiger partial charge in [-0.25, -0.2) is 0 Å². The third-order valence-corrected chi connectivity index (χ3v) is 8.31. The summed E-state index contributed by atoms with van der Waals surface area (Å²) in [5, 5.41) is 3.79. The summed E-state index contributed by atoms with van der Waals surface area (Å²) in [7, 11) is 0. The molecule has 0 N–H and O–H groups in total. The van der Waals surface area contributed by atoms with Crippen molar-refractivity contribution in [2.45, 2.75) is 13.3 Å². The molecule has 192 valence electrons. The zero-order chi connectivity index (χ0) is 27.2. The Kier molecular flexibility index (Phi) is 5.86. The molecule has 5 aromatic carbocycles. The summed E-state index contributed by atoms with van der Waals surface area (Å²) in [6.45, 7) is 10.8. The largest absolute Gasteiger partial charge is 0.310 e. The molecule has 1 aliphatic carbocycles. The lowest BCUT2D eigenvalue weighted by Gasteiger charge is -2.20. The van der Waals surface area contributed by atoms with Gasteiger partial charge in [0.1, 0.15) is 0 Å². The Balaban J connectivity index is 1.45. The molecule has 0 amide bonds. The van der Waals surface area contributed by atoms with Crippen LogP contribution in [0.1, 0.15) is 29.3 Å². The summed E-state index contributed by atoms with van der Waals surface area (Å²) in [4.78, 5) is 0. The van der Waals surface area contributed by atoms with Crippen molar-refractivity contribution in [2.75, 3.05) is 0 Å². The fourth-order valence-corrected chi connectivity index (χ4v) is 6.55. The monoisotopic (exact) mass is 513 g/mol. The van der Waals surface area contributed by atoms with Gasteiger partial charge in [-0.2, -0.15) is 0 Å². The summed E-state index contributed by atoms with van der Waals surface area (Å²) in [6.07, 6.45) is 9.68. The van der Waals surface area contributed by atoms with E-state index in [0.717, 1.165) is 17.5 Å². The molecule has 1 heteroatoms. The zero-order valence-corrected chi connectivity index (χ0v) is 22.8. The van der Waals surface area contributed by atoms with E-state index in [1.54, 1.807) is 0 Å². The SMILES string of the molecule is C=Cc1c(C=C)c(-c2ccc(-n3c4c(c5ccccc53)CC(C)C=C4)cc2)c2ccccc2c1-c1ccccc1. The molecule has 6 aromatic rings. The first-order valence-corrected chi connectivity index (χ1v) is 14.0. The molecule has 7 rings (SSSR count). The molecule has 1 aliphatic rings. The Hall–Kier alpha value is -4.88. The van der Waals surface area contributed by atoms with E-state index in [2.05, 4.69) is 140 Å². The molecule has 0 fully saturated rings. The molecule has 0 bridgehead atoms. The van der Waals surface area contributed by atoms with Gasteiger partial charge < -0.3 is 4.57 Å². The van der Waals surface area contributed by atoms with Crippen molar-refractivity contribution in [3.05, 3.63) is 145 Å². The van der Waals surface area contributed by atoms with Gasteiger partial charge in [-0.15, -0.1) is 0 Å². The van der Waals surface area contributed by atoms with Crippen LogP contribution >= 0.6 is 0 Å². The molecular formula is C39H31N. The maximum atomic E-state index is 4.25. The van der Waals surface area contributed by atoms with Crippen LogP contribution in [0.5, 0.6) is 0 Å². The van der Waals surface area contributed by atoms with E-state index in [-0.39, 0.29) is 0 Å². The van der Waals surface area contributed by atoms with E-state index < -0.39 is 0 Å². The predicted molar refractivity (Wildman–Crippen MR) is 174 cm³/mol. The maximum Gasteiger partial charge on any atom is 0.0537 e. The summed E-state index contributed by atoms with van der Waals surface area (Å²) in [5.41, 5.74) is 12.2. The smallest absolute Gasteiger partial charge is 0.0537 e. The minimum absolute atomic E-state index is 0.553. The third kappa shape index (κ3) is 3.70. The Morgan fingerprint density at radius 3 is 1.82 bits per heavy atom. The lowest BCUT2D eigenvalue weighted by atomic mass is 9.83. The Labute approximate surface area is 236 Å². The van der Waals surface area contributed by atoms with Gasteiger partial charge in [0.2, 0.25) is 0 Å². The minimum Gasteiger partial charge on any atom is -0.310 e. The quantitative estimate of drug-likeness (QED) is 0.216. The van der Waals surface area contributed by atoms with Crippen LogP contribution in [0, 0.1) is 5.92 Å². The summed E-state index contributed by atoms with van der Waals surface area (Å²) < 4.78 is 2.41. The van der Waals surface area contributed by atoms with Crippen LogP contribution in [0.25, 0.3) is 67.8 Å². The van der Waals surface area contributed by atoms with E-state index in [9.17, 15) is 0 Å². The number of allylic oxidation sites excluding steroid dienone is 1. The molecule has 1 atom stereocenters. The van der Waals surface area contributed by atoms with Crippen LogP contribution < -0.4 is 0 Å². The Morgan fingerprint density at radius 1 is 0.650 bits per heavy atom. The number of benzene rings is 5. The lowest BCUT2D eigenvalue weighted by molar-refractivity contribution is 0.718. The van der Waals surface area contributed by atoms with E-state index in [1.165, 1.54) is 60.9 Å². The highest BCUT2D eigenvalue weighted by Gasteiger charge is 2.22. The van der Waals surface area contributed by atoms with Gasteiger partial charge in [0.25, 0.3) is 0 Å². The van der Waals surface area contributed by atoms with Crippen molar-refractivity contribution in [1.29, 1.82) is 0 Å². The molecule has 1 nitrogen and oxygen atoms in total. The number of para-hydroxylation sites is 1. The van der Waals surface area contributed by atoms with Crippen LogP contribution in [0.3, 0.4) is 0 Å². The minimum atomic E-state index is 0.553. The lowest BCUT2D eigenvalue weighted by Crippen LogP contribution is -2.05. The fourth-order valence-electron chi connectivity index (χ4n) is 6.55. The van der Waals surface area contributed by atoms with E-state index in [4.69, 9.17) is 0 Å². The molecule has 1 aromatic heterocycles. The molecule has 1 unspecified atom stereocenters. The van der Waals surface area contributed by atoms with Gasteiger partial charge in [-0.3, -0.25) is 0 Å². The number of hydrogen-bond acceptors (Lipinski definition) is 0. The van der Waals surface area contributed by atoms with E-state index in [1.807, 2.05) is 12.2 Å². The van der Waals surface area contributed by atoms with Gasteiger partial charge >= 0.3 is 0 Å². The molecule has 0 aliphatic heterocycles. The second-order valence-electron chi connectivity index (χ2n) is 10.7. The maximum absolute atomic E-state index is 4.25.